The van der Waals surface area contributed by atoms with Gasteiger partial charge in [0.15, 0.2) is 0 Å². The Kier molecular flexibility index (Phi) is 6.96. The van der Waals surface area contributed by atoms with Crippen molar-refractivity contribution in [2.45, 2.75) is 44.2 Å². The zero-order valence-corrected chi connectivity index (χ0v) is 17.3. The Labute approximate surface area is 185 Å². The number of carboxylic acid groups (broad SMARTS) is 1. The van der Waals surface area contributed by atoms with Gasteiger partial charge in [0.1, 0.15) is 5.57 Å². The quantitative estimate of drug-likeness (QED) is 0.408. The Morgan fingerprint density at radius 3 is 2.41 bits per heavy atom. The first-order valence-electron chi connectivity index (χ1n) is 9.67. The molecule has 32 heavy (non-hydrogen) atoms. The summed E-state index contributed by atoms with van der Waals surface area (Å²) in [6.45, 7) is 0.107. The number of halogens is 7. The summed E-state index contributed by atoms with van der Waals surface area (Å²) in [4.78, 5) is 12.8. The molecule has 0 radical (unpaired) electrons. The molecular formula is C22H18ClF6NO2. The molecule has 0 saturated carbocycles. The summed E-state index contributed by atoms with van der Waals surface area (Å²) in [5, 5.41) is 9.24. The SMILES string of the molecule is O=C(O)C[C@H]1CCN(Cc2cc(Cl)ccc2C(F)(F)F)C(C2=C=C=C(C(F)(F)F)C=C2)C1. The standard InChI is InChI=1S/C22H18ClF6NO2/c23-17-5-6-18(22(27,28)29)15(11-17)12-30-8-7-13(10-20(31)32)9-19(30)14-1-3-16(4-2-14)21(24,25)26/h1,3,5-6,11,13,19H,7-10,12H2,(H,31,32)/t13-,19?/m0/s1. The van der Waals surface area contributed by atoms with Crippen LogP contribution in [0.3, 0.4) is 0 Å². The highest BCUT2D eigenvalue weighted by molar-refractivity contribution is 6.30. The van der Waals surface area contributed by atoms with Crippen LogP contribution in [0.15, 0.2) is 53.0 Å². The van der Waals surface area contributed by atoms with Crippen molar-refractivity contribution >= 4 is 17.6 Å². The van der Waals surface area contributed by atoms with Crippen molar-refractivity contribution in [1.82, 2.24) is 4.90 Å². The molecule has 2 aliphatic rings. The number of allylic oxidation sites excluding steroid dienone is 2. The van der Waals surface area contributed by atoms with E-state index < -0.39 is 35.5 Å². The van der Waals surface area contributed by atoms with E-state index in [1.54, 1.807) is 4.90 Å². The average molecular weight is 478 g/mol. The normalized spacial score (nSPS) is 22.0. The van der Waals surface area contributed by atoms with Crippen molar-refractivity contribution in [2.24, 2.45) is 5.92 Å². The first kappa shape index (κ1) is 24.2. The minimum Gasteiger partial charge on any atom is -0.481 e. The molecule has 0 bridgehead atoms. The van der Waals surface area contributed by atoms with Crippen molar-refractivity contribution < 1.29 is 36.2 Å². The lowest BCUT2D eigenvalue weighted by Gasteiger charge is -2.40. The molecule has 1 heterocycles. The van der Waals surface area contributed by atoms with E-state index >= 15 is 0 Å². The summed E-state index contributed by atoms with van der Waals surface area (Å²) in [6.07, 6.45) is -6.62. The monoisotopic (exact) mass is 477 g/mol. The number of likely N-dealkylation sites (tertiary alicyclic amines) is 1. The van der Waals surface area contributed by atoms with Crippen LogP contribution in [0.2, 0.25) is 5.02 Å². The number of carbonyl (C=O) groups is 1. The van der Waals surface area contributed by atoms with Gasteiger partial charge in [-0.05, 0) is 61.2 Å². The lowest BCUT2D eigenvalue weighted by Crippen LogP contribution is -2.43. The van der Waals surface area contributed by atoms with Crippen molar-refractivity contribution in [1.29, 1.82) is 0 Å². The van der Waals surface area contributed by atoms with Crippen LogP contribution >= 0.6 is 11.6 Å². The zero-order chi connectivity index (χ0) is 23.7. The number of benzene rings is 1. The van der Waals surface area contributed by atoms with Gasteiger partial charge in [0.2, 0.25) is 0 Å². The van der Waals surface area contributed by atoms with Gasteiger partial charge in [0, 0.05) is 29.6 Å². The predicted octanol–water partition coefficient (Wildman–Crippen LogP) is 6.15. The van der Waals surface area contributed by atoms with E-state index in [9.17, 15) is 31.1 Å². The second kappa shape index (κ2) is 9.20. The van der Waals surface area contributed by atoms with Gasteiger partial charge in [-0.2, -0.15) is 26.3 Å². The summed E-state index contributed by atoms with van der Waals surface area (Å²) >= 11 is 5.91. The summed E-state index contributed by atoms with van der Waals surface area (Å²) in [7, 11) is 0. The highest BCUT2D eigenvalue weighted by Gasteiger charge is 2.37. The second-order valence-electron chi connectivity index (χ2n) is 7.72. The van der Waals surface area contributed by atoms with E-state index in [0.717, 1.165) is 18.2 Å². The summed E-state index contributed by atoms with van der Waals surface area (Å²) in [5.41, 5.74) is 2.92. The van der Waals surface area contributed by atoms with Crippen LogP contribution in [0.5, 0.6) is 0 Å². The minimum absolute atomic E-state index is 0.0671. The van der Waals surface area contributed by atoms with Crippen LogP contribution in [0, 0.1) is 5.92 Å². The van der Waals surface area contributed by atoms with E-state index in [1.807, 2.05) is 0 Å². The molecule has 1 saturated heterocycles. The maximum Gasteiger partial charge on any atom is 0.424 e. The van der Waals surface area contributed by atoms with Gasteiger partial charge in [0.25, 0.3) is 0 Å². The van der Waals surface area contributed by atoms with Crippen molar-refractivity contribution in [3.8, 4) is 0 Å². The molecule has 2 atom stereocenters. The number of hydrogen-bond donors (Lipinski definition) is 1. The minimum atomic E-state index is -4.61. The third kappa shape index (κ3) is 5.87. The number of nitrogens with zero attached hydrogens (tertiary/aromatic N) is 1. The molecule has 1 aromatic carbocycles. The van der Waals surface area contributed by atoms with Crippen LogP contribution in [-0.4, -0.2) is 34.7 Å². The van der Waals surface area contributed by atoms with Crippen LogP contribution in [0.1, 0.15) is 30.4 Å². The largest absolute Gasteiger partial charge is 0.481 e. The molecule has 0 amide bonds. The molecule has 172 valence electrons. The molecule has 1 aromatic rings. The Balaban J connectivity index is 1.98. The fraction of sp³-hybridized carbons (Fsp3) is 0.409. The van der Waals surface area contributed by atoms with Gasteiger partial charge in [-0.3, -0.25) is 9.69 Å². The highest BCUT2D eigenvalue weighted by atomic mass is 35.5. The molecular weight excluding hydrogens is 460 g/mol. The number of aliphatic carboxylic acids is 1. The first-order chi connectivity index (χ1) is 14.8. The van der Waals surface area contributed by atoms with E-state index in [2.05, 4.69) is 11.5 Å². The van der Waals surface area contributed by atoms with E-state index in [1.165, 1.54) is 12.1 Å². The fourth-order valence-corrected chi connectivity index (χ4v) is 4.17. The number of hydrogen-bond acceptors (Lipinski definition) is 2. The molecule has 0 spiro atoms. The highest BCUT2D eigenvalue weighted by Crippen LogP contribution is 2.37. The second-order valence-corrected chi connectivity index (χ2v) is 8.16. The molecule has 1 aliphatic carbocycles. The molecule has 1 aliphatic heterocycles. The van der Waals surface area contributed by atoms with E-state index in [4.69, 9.17) is 16.7 Å². The van der Waals surface area contributed by atoms with Gasteiger partial charge < -0.3 is 5.11 Å². The number of carboxylic acids is 1. The van der Waals surface area contributed by atoms with Crippen molar-refractivity contribution in [2.75, 3.05) is 6.54 Å². The third-order valence-electron chi connectivity index (χ3n) is 5.47. The Morgan fingerprint density at radius 1 is 1.12 bits per heavy atom. The van der Waals surface area contributed by atoms with Gasteiger partial charge in [-0.15, -0.1) is 0 Å². The number of rotatable bonds is 5. The lowest BCUT2D eigenvalue weighted by molar-refractivity contribution is -0.140. The number of piperidine rings is 1. The van der Waals surface area contributed by atoms with Crippen LogP contribution < -0.4 is 0 Å². The van der Waals surface area contributed by atoms with Gasteiger partial charge >= 0.3 is 18.3 Å². The average Bonchev–Trinajstić information content (AvgIpc) is 2.67. The molecule has 1 fully saturated rings. The van der Waals surface area contributed by atoms with Gasteiger partial charge in [-0.25, -0.2) is 0 Å². The van der Waals surface area contributed by atoms with Crippen molar-refractivity contribution in [3.05, 3.63) is 69.1 Å². The fourth-order valence-electron chi connectivity index (χ4n) is 3.98. The molecule has 1 unspecified atom stereocenters. The van der Waals surface area contributed by atoms with Crippen LogP contribution in [-0.2, 0) is 17.5 Å². The summed E-state index contributed by atoms with van der Waals surface area (Å²) in [6, 6.07) is 2.63. The first-order valence-corrected chi connectivity index (χ1v) is 10.0. The third-order valence-corrected chi connectivity index (χ3v) is 5.70. The summed E-state index contributed by atoms with van der Waals surface area (Å²) in [5.74, 6) is -1.29. The Hall–Kier alpha value is -2.44. The van der Waals surface area contributed by atoms with Crippen LogP contribution in [0.25, 0.3) is 0 Å². The molecule has 0 aromatic heterocycles. The van der Waals surface area contributed by atoms with E-state index in [-0.39, 0.29) is 42.4 Å². The molecule has 3 rings (SSSR count). The Morgan fingerprint density at radius 2 is 1.84 bits per heavy atom. The maximum absolute atomic E-state index is 13.5. The van der Waals surface area contributed by atoms with Gasteiger partial charge in [0.05, 0.1) is 5.56 Å². The van der Waals surface area contributed by atoms with Crippen molar-refractivity contribution in [3.63, 3.8) is 0 Å². The lowest BCUT2D eigenvalue weighted by atomic mass is 9.84. The predicted molar refractivity (Wildman–Crippen MR) is 105 cm³/mol. The van der Waals surface area contributed by atoms with Crippen LogP contribution in [0.4, 0.5) is 26.3 Å². The summed E-state index contributed by atoms with van der Waals surface area (Å²) < 4.78 is 79.1. The Bertz CT molecular complexity index is 1030. The zero-order valence-electron chi connectivity index (χ0n) is 16.5. The topological polar surface area (TPSA) is 40.5 Å². The van der Waals surface area contributed by atoms with Gasteiger partial charge in [-0.1, -0.05) is 23.1 Å². The van der Waals surface area contributed by atoms with E-state index in [0.29, 0.717) is 12.0 Å². The molecule has 10 heteroatoms. The molecule has 1 N–H and O–H groups in total. The smallest absolute Gasteiger partial charge is 0.424 e. The molecule has 3 nitrogen and oxygen atoms in total. The maximum atomic E-state index is 13.5. The number of alkyl halides is 6.